The number of benzene rings is 1. The Bertz CT molecular complexity index is 601. The fraction of sp³-hybridized carbons (Fsp3) is 0.0833. The van der Waals surface area contributed by atoms with E-state index in [1.807, 2.05) is 0 Å². The van der Waals surface area contributed by atoms with Gasteiger partial charge in [-0.3, -0.25) is 0 Å². The van der Waals surface area contributed by atoms with Crippen LogP contribution in [0.1, 0.15) is 5.56 Å². The number of hydrogen-bond donors (Lipinski definition) is 1. The zero-order valence-electron chi connectivity index (χ0n) is 8.92. The Morgan fingerprint density at radius 3 is 2.33 bits per heavy atom. The van der Waals surface area contributed by atoms with Crippen LogP contribution in [0.25, 0.3) is 11.3 Å². The Morgan fingerprint density at radius 1 is 1.00 bits per heavy atom. The van der Waals surface area contributed by atoms with Gasteiger partial charge >= 0.3 is 0 Å². The first-order valence-corrected chi connectivity index (χ1v) is 6.45. The minimum atomic E-state index is -0.148. The second kappa shape index (κ2) is 5.64. The quantitative estimate of drug-likeness (QED) is 0.633. The molecule has 0 saturated carbocycles. The molecular formula is C12H7Cl4NO. The van der Waals surface area contributed by atoms with E-state index in [1.165, 1.54) is 0 Å². The minimum absolute atomic E-state index is 0.148. The third kappa shape index (κ3) is 2.73. The molecule has 6 heteroatoms. The second-order valence-electron chi connectivity index (χ2n) is 3.56. The summed E-state index contributed by atoms with van der Waals surface area (Å²) in [6.07, 6.45) is 0. The van der Waals surface area contributed by atoms with Crippen molar-refractivity contribution in [2.45, 2.75) is 6.61 Å². The van der Waals surface area contributed by atoms with Gasteiger partial charge in [-0.2, -0.15) is 0 Å². The van der Waals surface area contributed by atoms with Crippen LogP contribution in [0.4, 0.5) is 0 Å². The Balaban J connectivity index is 2.69. The van der Waals surface area contributed by atoms with E-state index in [0.717, 1.165) is 0 Å². The molecule has 0 amide bonds. The standard InChI is InChI=1S/C12H7Cl4NO/c13-7-1-2-8(14)12(16)11(7)9-3-6(5-18)4-10(15)17-9/h1-4,18H,5H2. The van der Waals surface area contributed by atoms with Crippen LogP contribution in [0.15, 0.2) is 24.3 Å². The van der Waals surface area contributed by atoms with Crippen molar-refractivity contribution < 1.29 is 5.11 Å². The van der Waals surface area contributed by atoms with Crippen LogP contribution in [0.2, 0.25) is 20.2 Å². The summed E-state index contributed by atoms with van der Waals surface area (Å²) < 4.78 is 0. The molecule has 2 rings (SSSR count). The van der Waals surface area contributed by atoms with Crippen LogP contribution in [-0.2, 0) is 6.61 Å². The first kappa shape index (κ1) is 13.9. The molecule has 18 heavy (non-hydrogen) atoms. The summed E-state index contributed by atoms with van der Waals surface area (Å²) in [6, 6.07) is 6.46. The number of hydrogen-bond acceptors (Lipinski definition) is 2. The highest BCUT2D eigenvalue weighted by Crippen LogP contribution is 2.38. The van der Waals surface area contributed by atoms with Crippen LogP contribution in [0, 0.1) is 0 Å². The van der Waals surface area contributed by atoms with Gasteiger partial charge in [-0.05, 0) is 29.8 Å². The maximum Gasteiger partial charge on any atom is 0.130 e. The molecule has 94 valence electrons. The highest BCUT2D eigenvalue weighted by molar-refractivity contribution is 6.46. The van der Waals surface area contributed by atoms with Gasteiger partial charge in [0, 0.05) is 5.56 Å². The molecule has 1 aromatic heterocycles. The number of halogens is 4. The summed E-state index contributed by atoms with van der Waals surface area (Å²) in [7, 11) is 0. The van der Waals surface area contributed by atoms with Gasteiger partial charge < -0.3 is 5.11 Å². The van der Waals surface area contributed by atoms with Gasteiger partial charge in [0.05, 0.1) is 27.4 Å². The molecule has 0 fully saturated rings. The SMILES string of the molecule is OCc1cc(Cl)nc(-c2c(Cl)ccc(Cl)c2Cl)c1. The van der Waals surface area contributed by atoms with E-state index >= 15 is 0 Å². The lowest BCUT2D eigenvalue weighted by atomic mass is 10.1. The lowest BCUT2D eigenvalue weighted by Crippen LogP contribution is -1.92. The van der Waals surface area contributed by atoms with E-state index in [-0.39, 0.29) is 11.8 Å². The molecule has 0 aliphatic rings. The largest absolute Gasteiger partial charge is 0.392 e. The van der Waals surface area contributed by atoms with E-state index in [1.54, 1.807) is 24.3 Å². The van der Waals surface area contributed by atoms with Gasteiger partial charge in [-0.1, -0.05) is 46.4 Å². The van der Waals surface area contributed by atoms with Crippen molar-refractivity contribution in [3.63, 3.8) is 0 Å². The molecule has 0 unspecified atom stereocenters. The number of pyridine rings is 1. The number of nitrogens with zero attached hydrogens (tertiary/aromatic N) is 1. The van der Waals surface area contributed by atoms with Crippen LogP contribution in [0.5, 0.6) is 0 Å². The lowest BCUT2D eigenvalue weighted by molar-refractivity contribution is 0.282. The molecule has 0 spiro atoms. The Kier molecular flexibility index (Phi) is 4.36. The molecule has 0 aliphatic heterocycles. The molecule has 0 bridgehead atoms. The number of aliphatic hydroxyl groups excluding tert-OH is 1. The molecule has 1 heterocycles. The van der Waals surface area contributed by atoms with Gasteiger partial charge in [0.2, 0.25) is 0 Å². The third-order valence-electron chi connectivity index (χ3n) is 2.34. The van der Waals surface area contributed by atoms with E-state index in [9.17, 15) is 0 Å². The normalized spacial score (nSPS) is 10.7. The van der Waals surface area contributed by atoms with Crippen molar-refractivity contribution in [1.29, 1.82) is 0 Å². The molecule has 0 radical (unpaired) electrons. The summed E-state index contributed by atoms with van der Waals surface area (Å²) in [5.41, 5.74) is 1.60. The molecule has 1 aromatic carbocycles. The summed E-state index contributed by atoms with van der Waals surface area (Å²) in [5.74, 6) is 0. The summed E-state index contributed by atoms with van der Waals surface area (Å²) in [5, 5.41) is 10.5. The predicted molar refractivity (Wildman–Crippen MR) is 75.6 cm³/mol. The zero-order valence-corrected chi connectivity index (χ0v) is 11.9. The zero-order chi connectivity index (χ0) is 13.3. The first-order chi connectivity index (χ1) is 8.52. The summed E-state index contributed by atoms with van der Waals surface area (Å²) in [4.78, 5) is 4.14. The van der Waals surface area contributed by atoms with E-state index in [0.29, 0.717) is 31.9 Å². The summed E-state index contributed by atoms with van der Waals surface area (Å²) >= 11 is 24.0. The van der Waals surface area contributed by atoms with Crippen molar-refractivity contribution >= 4 is 46.4 Å². The van der Waals surface area contributed by atoms with E-state index in [4.69, 9.17) is 51.5 Å². The van der Waals surface area contributed by atoms with Crippen LogP contribution in [-0.4, -0.2) is 10.1 Å². The molecule has 0 atom stereocenters. The van der Waals surface area contributed by atoms with E-state index in [2.05, 4.69) is 4.98 Å². The fourth-order valence-corrected chi connectivity index (χ4v) is 2.48. The molecule has 1 N–H and O–H groups in total. The van der Waals surface area contributed by atoms with Crippen molar-refractivity contribution in [2.75, 3.05) is 0 Å². The van der Waals surface area contributed by atoms with Gasteiger partial charge in [0.25, 0.3) is 0 Å². The predicted octanol–water partition coefficient (Wildman–Crippen LogP) is 4.85. The molecule has 2 nitrogen and oxygen atoms in total. The average Bonchev–Trinajstić information content (AvgIpc) is 2.34. The smallest absolute Gasteiger partial charge is 0.130 e. The third-order valence-corrected chi connectivity index (χ3v) is 3.65. The van der Waals surface area contributed by atoms with Crippen LogP contribution in [0.3, 0.4) is 0 Å². The Labute approximate surface area is 124 Å². The van der Waals surface area contributed by atoms with Crippen molar-refractivity contribution in [2.24, 2.45) is 0 Å². The fourth-order valence-electron chi connectivity index (χ4n) is 1.53. The Morgan fingerprint density at radius 2 is 1.67 bits per heavy atom. The van der Waals surface area contributed by atoms with Gasteiger partial charge in [-0.25, -0.2) is 4.98 Å². The Hall–Kier alpha value is -0.510. The highest BCUT2D eigenvalue weighted by Gasteiger charge is 2.14. The van der Waals surface area contributed by atoms with Crippen molar-refractivity contribution in [3.8, 4) is 11.3 Å². The molecular weight excluding hydrogens is 316 g/mol. The average molecular weight is 323 g/mol. The van der Waals surface area contributed by atoms with Crippen molar-refractivity contribution in [3.05, 3.63) is 50.0 Å². The number of aliphatic hydroxyl groups is 1. The van der Waals surface area contributed by atoms with E-state index < -0.39 is 0 Å². The van der Waals surface area contributed by atoms with Gasteiger partial charge in [0.1, 0.15) is 5.15 Å². The monoisotopic (exact) mass is 321 g/mol. The minimum Gasteiger partial charge on any atom is -0.392 e. The number of rotatable bonds is 2. The molecule has 0 saturated heterocycles. The molecule has 2 aromatic rings. The van der Waals surface area contributed by atoms with Crippen LogP contribution < -0.4 is 0 Å². The maximum atomic E-state index is 9.15. The van der Waals surface area contributed by atoms with Crippen LogP contribution >= 0.6 is 46.4 Å². The maximum absolute atomic E-state index is 9.15. The topological polar surface area (TPSA) is 33.1 Å². The first-order valence-electron chi connectivity index (χ1n) is 4.94. The highest BCUT2D eigenvalue weighted by atomic mass is 35.5. The summed E-state index contributed by atoms with van der Waals surface area (Å²) in [6.45, 7) is -0.148. The lowest BCUT2D eigenvalue weighted by Gasteiger charge is -2.09. The number of aromatic nitrogens is 1. The van der Waals surface area contributed by atoms with Gasteiger partial charge in [0.15, 0.2) is 0 Å². The van der Waals surface area contributed by atoms with Crippen molar-refractivity contribution in [1.82, 2.24) is 4.98 Å². The molecule has 0 aliphatic carbocycles. The second-order valence-corrected chi connectivity index (χ2v) is 5.14. The van der Waals surface area contributed by atoms with Gasteiger partial charge in [-0.15, -0.1) is 0 Å².